The van der Waals surface area contributed by atoms with Crippen molar-refractivity contribution in [2.24, 2.45) is 0 Å². The number of hydrogen-bond donors (Lipinski definition) is 2. The van der Waals surface area contributed by atoms with E-state index in [1.54, 1.807) is 0 Å². The van der Waals surface area contributed by atoms with Gasteiger partial charge in [0.05, 0.1) is 16.1 Å². The average Bonchev–Trinajstić information content (AvgIpc) is 2.74. The molecular weight excluding hydrogens is 447 g/mol. The molecular formula is C14H6BrClF3N3O4. The number of nitrogens with two attached hydrogens (primary N) is 1. The van der Waals surface area contributed by atoms with Crippen LogP contribution in [-0.4, -0.2) is 22.7 Å². The van der Waals surface area contributed by atoms with E-state index in [-0.39, 0.29) is 20.6 Å². The monoisotopic (exact) mass is 451 g/mol. The summed E-state index contributed by atoms with van der Waals surface area (Å²) in [6.07, 6.45) is -5.08. The first-order valence-electron chi connectivity index (χ1n) is 6.66. The van der Waals surface area contributed by atoms with Crippen LogP contribution in [0.1, 0.15) is 20.7 Å². The van der Waals surface area contributed by atoms with Crippen LogP contribution in [0.15, 0.2) is 27.5 Å². The van der Waals surface area contributed by atoms with Crippen molar-refractivity contribution in [3.63, 3.8) is 0 Å². The maximum Gasteiger partial charge on any atom is 0.573 e. The summed E-state index contributed by atoms with van der Waals surface area (Å²) in [6, 6.07) is 2.92. The number of halogens is 5. The van der Waals surface area contributed by atoms with Gasteiger partial charge < -0.3 is 10.5 Å². The summed E-state index contributed by atoms with van der Waals surface area (Å²) in [6.45, 7) is 0. The van der Waals surface area contributed by atoms with Crippen molar-refractivity contribution >= 4 is 45.2 Å². The van der Waals surface area contributed by atoms with Gasteiger partial charge in [-0.2, -0.15) is 0 Å². The molecule has 0 spiro atoms. The van der Waals surface area contributed by atoms with Gasteiger partial charge in [-0.05, 0) is 12.1 Å². The largest absolute Gasteiger partial charge is 0.573 e. The Morgan fingerprint density at radius 3 is 2.42 bits per heavy atom. The molecule has 1 aromatic carbocycles. The van der Waals surface area contributed by atoms with Crippen molar-refractivity contribution in [1.82, 2.24) is 9.88 Å². The maximum atomic E-state index is 12.7. The van der Waals surface area contributed by atoms with Gasteiger partial charge in [0.15, 0.2) is 5.75 Å². The summed E-state index contributed by atoms with van der Waals surface area (Å²) in [4.78, 5) is 35.9. The topological polar surface area (TPSA) is 103 Å². The van der Waals surface area contributed by atoms with Gasteiger partial charge in [0.2, 0.25) is 0 Å². The molecule has 26 heavy (non-hydrogen) atoms. The highest BCUT2D eigenvalue weighted by atomic mass is 79.9. The van der Waals surface area contributed by atoms with Crippen LogP contribution in [0.5, 0.6) is 5.75 Å². The smallest absolute Gasteiger partial charge is 0.403 e. The Labute approximate surface area is 155 Å². The fourth-order valence-electron chi connectivity index (χ4n) is 2.47. The number of hydrogen-bond acceptors (Lipinski definition) is 5. The second-order valence-corrected chi connectivity index (χ2v) is 6.38. The number of rotatable bonds is 2. The number of nitrogen functional groups attached to an aromatic ring is 1. The molecule has 12 heteroatoms. The molecule has 0 bridgehead atoms. The number of fused-ring (bicyclic) bond motifs is 1. The summed E-state index contributed by atoms with van der Waals surface area (Å²) in [7, 11) is 0. The lowest BCUT2D eigenvalue weighted by Crippen LogP contribution is -2.26. The molecule has 1 aliphatic heterocycles. The van der Waals surface area contributed by atoms with Crippen LogP contribution in [0.4, 0.5) is 19.0 Å². The Bertz CT molecular complexity index is 1040. The Kier molecular flexibility index (Phi) is 4.23. The van der Waals surface area contributed by atoms with Crippen molar-refractivity contribution in [2.75, 3.05) is 5.73 Å². The first kappa shape index (κ1) is 18.3. The van der Waals surface area contributed by atoms with Crippen molar-refractivity contribution in [3.05, 3.63) is 49.2 Å². The van der Waals surface area contributed by atoms with E-state index in [0.717, 1.165) is 12.1 Å². The highest BCUT2D eigenvalue weighted by Gasteiger charge is 2.36. The van der Waals surface area contributed by atoms with Gasteiger partial charge >= 0.3 is 6.36 Å². The predicted octanol–water partition coefficient (Wildman–Crippen LogP) is 2.62. The van der Waals surface area contributed by atoms with Gasteiger partial charge in [-0.25, -0.2) is 0 Å². The fraction of sp³-hybridized carbons (Fsp3) is 0.0714. The zero-order valence-electron chi connectivity index (χ0n) is 12.3. The number of carbonyl (C=O) groups excluding carboxylic acids is 2. The number of nitrogens with one attached hydrogen (secondary N) is 1. The minimum absolute atomic E-state index is 0.145. The van der Waals surface area contributed by atoms with E-state index in [1.807, 2.05) is 5.32 Å². The summed E-state index contributed by atoms with van der Waals surface area (Å²) in [5.74, 6) is -3.10. The molecule has 0 saturated heterocycles. The van der Waals surface area contributed by atoms with Gasteiger partial charge in [-0.15, -0.1) is 13.2 Å². The Hall–Kier alpha value is -2.53. The van der Waals surface area contributed by atoms with Crippen molar-refractivity contribution in [2.45, 2.75) is 6.36 Å². The van der Waals surface area contributed by atoms with Crippen LogP contribution < -0.4 is 21.3 Å². The molecule has 0 atom stereocenters. The van der Waals surface area contributed by atoms with Gasteiger partial charge in [0.1, 0.15) is 11.5 Å². The van der Waals surface area contributed by atoms with Crippen LogP contribution >= 0.6 is 27.5 Å². The van der Waals surface area contributed by atoms with Gasteiger partial charge in [-0.3, -0.25) is 24.3 Å². The molecule has 2 aromatic rings. The zero-order valence-corrected chi connectivity index (χ0v) is 14.6. The first-order chi connectivity index (χ1) is 12.0. The van der Waals surface area contributed by atoms with Gasteiger partial charge in [-0.1, -0.05) is 27.5 Å². The third-order valence-electron chi connectivity index (χ3n) is 3.40. The van der Waals surface area contributed by atoms with Gasteiger partial charge in [0.25, 0.3) is 17.4 Å². The third kappa shape index (κ3) is 3.03. The summed E-state index contributed by atoms with van der Waals surface area (Å²) < 4.78 is 42.8. The van der Waals surface area contributed by atoms with Crippen LogP contribution in [0.2, 0.25) is 5.02 Å². The number of aromatic nitrogens is 1. The highest BCUT2D eigenvalue weighted by Crippen LogP contribution is 2.38. The number of anilines is 1. The normalized spacial score (nSPS) is 13.6. The molecule has 3 N–H and O–H groups in total. The Balaban J connectivity index is 2.36. The number of benzene rings is 1. The standard InChI is InChI=1S/C14H6BrClF3N3O4/c15-4-1-6(16)10(7(2-4)26-14(17,18)19)22-8(23)3-5-9(11(22)20)13(25)21-12(5)24/h1-3H,20H2,(H,21,24,25). The average molecular weight is 453 g/mol. The highest BCUT2D eigenvalue weighted by molar-refractivity contribution is 9.10. The van der Waals surface area contributed by atoms with E-state index in [0.29, 0.717) is 4.57 Å². The fourth-order valence-corrected chi connectivity index (χ4v) is 3.34. The van der Waals surface area contributed by atoms with Crippen LogP contribution in [0.25, 0.3) is 5.69 Å². The van der Waals surface area contributed by atoms with E-state index >= 15 is 0 Å². The Morgan fingerprint density at radius 1 is 1.15 bits per heavy atom. The SMILES string of the molecule is Nc1c2c(cc(=O)n1-c1c(Cl)cc(Br)cc1OC(F)(F)F)C(=O)NC2=O. The number of alkyl halides is 3. The molecule has 0 aliphatic carbocycles. The summed E-state index contributed by atoms with van der Waals surface area (Å²) >= 11 is 8.97. The number of imide groups is 1. The van der Waals surface area contributed by atoms with Crippen molar-refractivity contribution in [1.29, 1.82) is 0 Å². The van der Waals surface area contributed by atoms with E-state index in [1.165, 1.54) is 6.07 Å². The molecule has 136 valence electrons. The third-order valence-corrected chi connectivity index (χ3v) is 4.14. The molecule has 2 amide bonds. The summed E-state index contributed by atoms with van der Waals surface area (Å²) in [5.41, 5.74) is 3.69. The maximum absolute atomic E-state index is 12.7. The molecule has 0 radical (unpaired) electrons. The lowest BCUT2D eigenvalue weighted by atomic mass is 10.1. The molecule has 0 unspecified atom stereocenters. The van der Waals surface area contributed by atoms with Crippen LogP contribution in [-0.2, 0) is 0 Å². The molecule has 1 aromatic heterocycles. The minimum atomic E-state index is -5.08. The molecule has 3 rings (SSSR count). The number of carbonyl (C=O) groups is 2. The first-order valence-corrected chi connectivity index (χ1v) is 7.83. The van der Waals surface area contributed by atoms with E-state index in [9.17, 15) is 27.6 Å². The van der Waals surface area contributed by atoms with Crippen molar-refractivity contribution in [3.8, 4) is 11.4 Å². The predicted molar refractivity (Wildman–Crippen MR) is 87.6 cm³/mol. The van der Waals surface area contributed by atoms with E-state index in [4.69, 9.17) is 17.3 Å². The van der Waals surface area contributed by atoms with E-state index in [2.05, 4.69) is 20.7 Å². The zero-order chi connectivity index (χ0) is 19.4. The lowest BCUT2D eigenvalue weighted by molar-refractivity contribution is -0.274. The van der Waals surface area contributed by atoms with Crippen LogP contribution in [0, 0.1) is 0 Å². The second kappa shape index (κ2) is 6.02. The molecule has 7 nitrogen and oxygen atoms in total. The van der Waals surface area contributed by atoms with Crippen LogP contribution in [0.3, 0.4) is 0 Å². The number of nitrogens with zero attached hydrogens (tertiary/aromatic N) is 1. The van der Waals surface area contributed by atoms with Gasteiger partial charge in [0, 0.05) is 10.5 Å². The lowest BCUT2D eigenvalue weighted by Gasteiger charge is -2.18. The van der Waals surface area contributed by atoms with E-state index < -0.39 is 41.0 Å². The van der Waals surface area contributed by atoms with Crippen molar-refractivity contribution < 1.29 is 27.5 Å². The molecule has 0 saturated carbocycles. The number of ether oxygens (including phenoxy) is 1. The molecule has 2 heterocycles. The molecule has 0 fully saturated rings. The second-order valence-electron chi connectivity index (χ2n) is 5.06. The summed E-state index contributed by atoms with van der Waals surface area (Å²) in [5, 5.41) is 1.64. The Morgan fingerprint density at radius 2 is 1.81 bits per heavy atom. The number of pyridine rings is 1. The number of amides is 2. The minimum Gasteiger partial charge on any atom is -0.403 e. The molecule has 1 aliphatic rings. The quantitative estimate of drug-likeness (QED) is 0.682.